The van der Waals surface area contributed by atoms with Crippen LogP contribution in [0.3, 0.4) is 0 Å². The van der Waals surface area contributed by atoms with E-state index in [1.54, 1.807) is 0 Å². The van der Waals surface area contributed by atoms with Crippen LogP contribution in [0.5, 0.6) is 0 Å². The van der Waals surface area contributed by atoms with Gasteiger partial charge in [-0.25, -0.2) is 0 Å². The average Bonchev–Trinajstić information content (AvgIpc) is 3.70. The van der Waals surface area contributed by atoms with Gasteiger partial charge in [0.25, 0.3) is 0 Å². The van der Waals surface area contributed by atoms with Crippen LogP contribution in [0.1, 0.15) is 114 Å². The van der Waals surface area contributed by atoms with Gasteiger partial charge in [-0.2, -0.15) is 0 Å². The Morgan fingerprint density at radius 2 is 1.66 bits per heavy atom. The maximum Gasteiger partial charge on any atom is 0.170 e. The number of rotatable bonds is 9. The van der Waals surface area contributed by atoms with Crippen LogP contribution in [-0.2, 0) is 23.7 Å². The van der Waals surface area contributed by atoms with E-state index in [0.717, 1.165) is 65.4 Å². The second kappa shape index (κ2) is 12.6. The number of morpholine rings is 1. The molecule has 4 saturated heterocycles. The first-order valence-electron chi connectivity index (χ1n) is 21.9. The maximum absolute atomic E-state index is 12.7. The minimum Gasteiger partial charge on any atom is -0.390 e. The first kappa shape index (κ1) is 38.2. The lowest BCUT2D eigenvalue weighted by Crippen LogP contribution is -2.65. The van der Waals surface area contributed by atoms with E-state index in [9.17, 15) is 10.2 Å². The lowest BCUT2D eigenvalue weighted by Gasteiger charge is -2.64. The molecule has 0 amide bonds. The second-order valence-corrected chi connectivity index (χ2v) is 22.2. The van der Waals surface area contributed by atoms with Gasteiger partial charge in [0, 0.05) is 56.2 Å². The highest BCUT2D eigenvalue weighted by Gasteiger charge is 2.84. The quantitative estimate of drug-likeness (QED) is 0.307. The van der Waals surface area contributed by atoms with Crippen molar-refractivity contribution in [2.24, 2.45) is 56.2 Å². The summed E-state index contributed by atoms with van der Waals surface area (Å²) in [7, 11) is 0. The van der Waals surface area contributed by atoms with Gasteiger partial charge in [-0.15, -0.1) is 0 Å². The normalized spacial score (nSPS) is 51.1. The van der Waals surface area contributed by atoms with Crippen LogP contribution in [-0.4, -0.2) is 128 Å². The number of nitrogens with zero attached hydrogens (tertiary/aromatic N) is 2. The van der Waals surface area contributed by atoms with Crippen molar-refractivity contribution in [2.45, 2.75) is 162 Å². The molecule has 9 nitrogen and oxygen atoms in total. The van der Waals surface area contributed by atoms with Crippen molar-refractivity contribution in [3.05, 3.63) is 0 Å². The molecule has 4 aliphatic heterocycles. The van der Waals surface area contributed by atoms with Gasteiger partial charge in [0.15, 0.2) is 6.29 Å². The van der Waals surface area contributed by atoms with E-state index in [2.05, 4.69) is 51.3 Å². The Morgan fingerprint density at radius 3 is 2.34 bits per heavy atom. The van der Waals surface area contributed by atoms with E-state index >= 15 is 0 Å². The van der Waals surface area contributed by atoms with Crippen molar-refractivity contribution < 1.29 is 33.9 Å². The van der Waals surface area contributed by atoms with Gasteiger partial charge in [0.05, 0.1) is 49.8 Å². The Bertz CT molecular complexity index is 1390. The molecule has 5 saturated carbocycles. The molecule has 2 N–H and O–H groups in total. The van der Waals surface area contributed by atoms with Gasteiger partial charge in [0.1, 0.15) is 6.10 Å². The molecule has 0 aromatic rings. The summed E-state index contributed by atoms with van der Waals surface area (Å²) in [6, 6.07) is 0.610. The van der Waals surface area contributed by atoms with Gasteiger partial charge in [-0.3, -0.25) is 9.80 Å². The molecule has 0 bridgehead atoms. The van der Waals surface area contributed by atoms with Crippen molar-refractivity contribution in [3.8, 4) is 0 Å². The molecule has 9 aliphatic rings. The lowest BCUT2D eigenvalue weighted by molar-refractivity contribution is -0.254. The first-order chi connectivity index (χ1) is 24.9. The topological polar surface area (TPSA) is 93.1 Å². The van der Waals surface area contributed by atoms with Gasteiger partial charge in [-0.1, -0.05) is 41.5 Å². The molecule has 9 rings (SSSR count). The van der Waals surface area contributed by atoms with Crippen LogP contribution in [0.2, 0.25) is 0 Å². The van der Waals surface area contributed by atoms with Crippen LogP contribution >= 0.6 is 0 Å². The number of aliphatic hydroxyl groups is 2. The molecule has 0 aromatic heterocycles. The zero-order valence-electron chi connectivity index (χ0n) is 34.7. The third kappa shape index (κ3) is 5.39. The number of hydrogen-bond donors (Lipinski definition) is 2. The van der Waals surface area contributed by atoms with Crippen molar-refractivity contribution in [3.63, 3.8) is 0 Å². The van der Waals surface area contributed by atoms with Crippen LogP contribution in [0.15, 0.2) is 0 Å². The number of ether oxygens (including phenoxy) is 5. The Morgan fingerprint density at radius 1 is 0.943 bits per heavy atom. The SMILES string of the molecule is CCO[C@@H]([C@H]1C[C@@H](C)[C@H]2[C@H](O1)[C@H](O)[C@@]1(C)[C@@H]3CC[C@H]4C(C)(C)[C@@H](O[C@H]5CN(C6CN(CC7(C)COC7)C6)CCO5)CC[C@@]45C[C@@]35CC[C@]21C)C(C)(C)O. The van der Waals surface area contributed by atoms with E-state index in [1.165, 1.54) is 38.5 Å². The van der Waals surface area contributed by atoms with E-state index in [-0.39, 0.29) is 40.8 Å². The molecule has 14 atom stereocenters. The van der Waals surface area contributed by atoms with Crippen molar-refractivity contribution in [1.29, 1.82) is 0 Å². The lowest BCUT2D eigenvalue weighted by atomic mass is 9.41. The standard InChI is InChI=1S/C44H74N2O7/c1-10-50-37(39(5,6)48)29-19-27(2)34-35(52-29)36(47)42(9)31-12-11-30-38(3,4)32(13-14-43(30)23-44(31,43)16-15-41(34,42)8)53-33-22-46(17-18-51-33)28-20-45(21-28)24-40(7)25-49-26-40/h27-37,47-48H,10-26H2,1-9H3/t27-,29-,30+,31+,32+,33+,34+,35+,36+,37+,41-,42-,43-,44+/m1/s1. The van der Waals surface area contributed by atoms with Crippen molar-refractivity contribution in [2.75, 3.05) is 59.2 Å². The average molecular weight is 743 g/mol. The molecule has 4 heterocycles. The minimum atomic E-state index is -1.01. The molecule has 9 heteroatoms. The third-order valence-electron chi connectivity index (χ3n) is 18.5. The molecule has 2 spiro atoms. The third-order valence-corrected chi connectivity index (χ3v) is 18.5. The molecular formula is C44H74N2O7. The Labute approximate surface area is 320 Å². The highest BCUT2D eigenvalue weighted by Crippen LogP contribution is 2.89. The number of aliphatic hydroxyl groups excluding tert-OH is 1. The molecular weight excluding hydrogens is 668 g/mol. The van der Waals surface area contributed by atoms with Gasteiger partial charge in [-0.05, 0) is 117 Å². The van der Waals surface area contributed by atoms with E-state index in [4.69, 9.17) is 23.7 Å². The largest absolute Gasteiger partial charge is 0.390 e. The van der Waals surface area contributed by atoms with Crippen LogP contribution in [0.4, 0.5) is 0 Å². The molecule has 9 fully saturated rings. The Hall–Kier alpha value is -0.360. The molecule has 53 heavy (non-hydrogen) atoms. The summed E-state index contributed by atoms with van der Waals surface area (Å²) in [5, 5.41) is 23.8. The molecule has 302 valence electrons. The fraction of sp³-hybridized carbons (Fsp3) is 1.00. The summed E-state index contributed by atoms with van der Waals surface area (Å²) in [6.07, 6.45) is 8.09. The van der Waals surface area contributed by atoms with E-state index in [1.807, 2.05) is 20.8 Å². The Balaban J connectivity index is 0.884. The summed E-state index contributed by atoms with van der Waals surface area (Å²) in [6.45, 7) is 28.9. The van der Waals surface area contributed by atoms with Crippen molar-refractivity contribution in [1.82, 2.24) is 9.80 Å². The van der Waals surface area contributed by atoms with Gasteiger partial charge < -0.3 is 33.9 Å². The minimum absolute atomic E-state index is 0.0188. The smallest absolute Gasteiger partial charge is 0.170 e. The second-order valence-electron chi connectivity index (χ2n) is 22.2. The predicted octanol–water partition coefficient (Wildman–Crippen LogP) is 5.74. The van der Waals surface area contributed by atoms with Gasteiger partial charge >= 0.3 is 0 Å². The van der Waals surface area contributed by atoms with Crippen LogP contribution in [0.25, 0.3) is 0 Å². The highest BCUT2D eigenvalue weighted by atomic mass is 16.7. The molecule has 0 unspecified atom stereocenters. The highest BCUT2D eigenvalue weighted by molar-refractivity contribution is 5.33. The number of fused-ring (bicyclic) bond motifs is 4. The number of hydrogen-bond acceptors (Lipinski definition) is 9. The summed E-state index contributed by atoms with van der Waals surface area (Å²) in [5.74, 6) is 1.84. The summed E-state index contributed by atoms with van der Waals surface area (Å²) in [5.41, 5.74) is -0.119. The van der Waals surface area contributed by atoms with E-state index in [0.29, 0.717) is 52.6 Å². The first-order valence-corrected chi connectivity index (χ1v) is 21.9. The number of likely N-dealkylation sites (tertiary alicyclic amines) is 1. The van der Waals surface area contributed by atoms with Crippen LogP contribution < -0.4 is 0 Å². The van der Waals surface area contributed by atoms with Gasteiger partial charge in [0.2, 0.25) is 0 Å². The maximum atomic E-state index is 12.7. The summed E-state index contributed by atoms with van der Waals surface area (Å²) < 4.78 is 32.1. The monoisotopic (exact) mass is 743 g/mol. The van der Waals surface area contributed by atoms with E-state index < -0.39 is 17.8 Å². The predicted molar refractivity (Wildman–Crippen MR) is 203 cm³/mol. The van der Waals surface area contributed by atoms with Crippen LogP contribution in [0, 0.1) is 56.2 Å². The molecule has 0 aromatic carbocycles. The summed E-state index contributed by atoms with van der Waals surface area (Å²) >= 11 is 0. The molecule has 5 aliphatic carbocycles. The zero-order valence-corrected chi connectivity index (χ0v) is 34.7. The molecule has 0 radical (unpaired) electrons. The van der Waals surface area contributed by atoms with Crippen molar-refractivity contribution >= 4 is 0 Å². The fourth-order valence-electron chi connectivity index (χ4n) is 15.9. The summed E-state index contributed by atoms with van der Waals surface area (Å²) in [4.78, 5) is 5.25. The Kier molecular flexibility index (Phi) is 9.05. The fourth-order valence-corrected chi connectivity index (χ4v) is 15.9. The zero-order chi connectivity index (χ0) is 37.6.